The standard InChI is InChI=1S/C16H21ClN2/c1-15(2,3)11-9-19-14-10(13(11)17)7-18-8-12(14)16(4,5)6/h7-9H,1-6H3. The number of fused-ring (bicyclic) bond motifs is 1. The van der Waals surface area contributed by atoms with Crippen LogP contribution in [0.2, 0.25) is 5.02 Å². The van der Waals surface area contributed by atoms with E-state index >= 15 is 0 Å². The minimum atomic E-state index is -0.0178. The third-order valence-corrected chi connectivity index (χ3v) is 3.74. The molecule has 0 fully saturated rings. The lowest BCUT2D eigenvalue weighted by Crippen LogP contribution is -2.15. The molecular weight excluding hydrogens is 256 g/mol. The zero-order valence-electron chi connectivity index (χ0n) is 12.5. The highest BCUT2D eigenvalue weighted by molar-refractivity contribution is 6.36. The Bertz CT molecular complexity index is 619. The summed E-state index contributed by atoms with van der Waals surface area (Å²) in [6.45, 7) is 12.9. The lowest BCUT2D eigenvalue weighted by atomic mass is 9.84. The van der Waals surface area contributed by atoms with Gasteiger partial charge in [0.15, 0.2) is 0 Å². The molecular formula is C16H21ClN2. The van der Waals surface area contributed by atoms with Crippen LogP contribution in [0.3, 0.4) is 0 Å². The Morgan fingerprint density at radius 1 is 0.842 bits per heavy atom. The molecule has 0 N–H and O–H groups in total. The zero-order chi connectivity index (χ0) is 14.4. The molecule has 0 aliphatic carbocycles. The molecule has 0 spiro atoms. The Labute approximate surface area is 120 Å². The first-order valence-corrected chi connectivity index (χ1v) is 6.93. The number of hydrogen-bond donors (Lipinski definition) is 0. The Morgan fingerprint density at radius 3 is 1.95 bits per heavy atom. The van der Waals surface area contributed by atoms with E-state index < -0.39 is 0 Å². The lowest BCUT2D eigenvalue weighted by molar-refractivity contribution is 0.585. The van der Waals surface area contributed by atoms with Crippen molar-refractivity contribution in [1.82, 2.24) is 9.97 Å². The Morgan fingerprint density at radius 2 is 1.42 bits per heavy atom. The Hall–Kier alpha value is -1.15. The van der Waals surface area contributed by atoms with Crippen molar-refractivity contribution in [1.29, 1.82) is 0 Å². The average Bonchev–Trinajstić information content (AvgIpc) is 2.26. The maximum absolute atomic E-state index is 6.57. The maximum Gasteiger partial charge on any atom is 0.0785 e. The molecule has 0 aliphatic heterocycles. The second kappa shape index (κ2) is 4.45. The quantitative estimate of drug-likeness (QED) is 0.685. The van der Waals surface area contributed by atoms with Gasteiger partial charge in [-0.15, -0.1) is 0 Å². The number of rotatable bonds is 0. The predicted octanol–water partition coefficient (Wildman–Crippen LogP) is 4.88. The van der Waals surface area contributed by atoms with Gasteiger partial charge in [-0.2, -0.15) is 0 Å². The monoisotopic (exact) mass is 276 g/mol. The molecule has 0 bridgehead atoms. The van der Waals surface area contributed by atoms with Crippen molar-refractivity contribution >= 4 is 22.5 Å². The third-order valence-electron chi connectivity index (χ3n) is 3.33. The van der Waals surface area contributed by atoms with Gasteiger partial charge in [-0.05, 0) is 16.4 Å². The highest BCUT2D eigenvalue weighted by Crippen LogP contribution is 2.36. The van der Waals surface area contributed by atoms with Gasteiger partial charge in [0, 0.05) is 29.5 Å². The van der Waals surface area contributed by atoms with Crippen LogP contribution >= 0.6 is 11.6 Å². The molecule has 0 saturated heterocycles. The van der Waals surface area contributed by atoms with Gasteiger partial charge >= 0.3 is 0 Å². The van der Waals surface area contributed by atoms with Crippen LogP contribution in [0.5, 0.6) is 0 Å². The van der Waals surface area contributed by atoms with Gasteiger partial charge in [0.05, 0.1) is 10.5 Å². The van der Waals surface area contributed by atoms with E-state index in [1.807, 2.05) is 18.6 Å². The van der Waals surface area contributed by atoms with E-state index in [1.165, 1.54) is 0 Å². The second-order valence-electron chi connectivity index (χ2n) is 7.07. The molecule has 0 atom stereocenters. The normalized spacial score (nSPS) is 13.0. The molecule has 2 nitrogen and oxygen atoms in total. The van der Waals surface area contributed by atoms with Crippen LogP contribution in [0.4, 0.5) is 0 Å². The van der Waals surface area contributed by atoms with Crippen molar-refractivity contribution in [2.75, 3.05) is 0 Å². The molecule has 0 amide bonds. The van der Waals surface area contributed by atoms with Gasteiger partial charge in [0.25, 0.3) is 0 Å². The average molecular weight is 277 g/mol. The largest absolute Gasteiger partial charge is 0.264 e. The smallest absolute Gasteiger partial charge is 0.0785 e. The summed E-state index contributed by atoms with van der Waals surface area (Å²) in [5.74, 6) is 0. The summed E-state index contributed by atoms with van der Waals surface area (Å²) in [5.41, 5.74) is 3.14. The summed E-state index contributed by atoms with van der Waals surface area (Å²) in [5, 5.41) is 1.72. The van der Waals surface area contributed by atoms with Crippen molar-refractivity contribution in [2.24, 2.45) is 0 Å². The molecule has 3 heteroatoms. The van der Waals surface area contributed by atoms with Crippen LogP contribution in [0.25, 0.3) is 10.9 Å². The molecule has 102 valence electrons. The van der Waals surface area contributed by atoms with E-state index in [2.05, 4.69) is 51.5 Å². The van der Waals surface area contributed by atoms with E-state index in [0.717, 1.165) is 27.1 Å². The first kappa shape index (κ1) is 14.3. The molecule has 2 rings (SSSR count). The van der Waals surface area contributed by atoms with Crippen LogP contribution in [0.1, 0.15) is 52.7 Å². The van der Waals surface area contributed by atoms with E-state index in [4.69, 9.17) is 11.6 Å². The summed E-state index contributed by atoms with van der Waals surface area (Å²) < 4.78 is 0. The summed E-state index contributed by atoms with van der Waals surface area (Å²) in [4.78, 5) is 8.99. The molecule has 2 aromatic heterocycles. The highest BCUT2D eigenvalue weighted by Gasteiger charge is 2.23. The number of hydrogen-bond acceptors (Lipinski definition) is 2. The number of halogens is 1. The van der Waals surface area contributed by atoms with E-state index in [-0.39, 0.29) is 10.8 Å². The van der Waals surface area contributed by atoms with Gasteiger partial charge in [0.1, 0.15) is 0 Å². The van der Waals surface area contributed by atoms with E-state index in [1.54, 1.807) is 0 Å². The highest BCUT2D eigenvalue weighted by atomic mass is 35.5. The number of pyridine rings is 2. The SMILES string of the molecule is CC(C)(C)c1cnc2c(C(C)(C)C)cncc2c1Cl. The molecule has 2 heterocycles. The molecule has 0 aromatic carbocycles. The predicted molar refractivity (Wildman–Crippen MR) is 81.9 cm³/mol. The number of nitrogens with zero attached hydrogens (tertiary/aromatic N) is 2. The molecule has 19 heavy (non-hydrogen) atoms. The topological polar surface area (TPSA) is 25.8 Å². The summed E-state index contributed by atoms with van der Waals surface area (Å²) in [7, 11) is 0. The fourth-order valence-corrected chi connectivity index (χ4v) is 2.63. The van der Waals surface area contributed by atoms with Crippen LogP contribution in [0.15, 0.2) is 18.6 Å². The fraction of sp³-hybridized carbons (Fsp3) is 0.500. The lowest BCUT2D eigenvalue weighted by Gasteiger charge is -2.23. The van der Waals surface area contributed by atoms with Gasteiger partial charge in [-0.3, -0.25) is 9.97 Å². The van der Waals surface area contributed by atoms with Crippen molar-refractivity contribution < 1.29 is 0 Å². The van der Waals surface area contributed by atoms with Crippen LogP contribution in [-0.2, 0) is 10.8 Å². The minimum Gasteiger partial charge on any atom is -0.264 e. The van der Waals surface area contributed by atoms with Gasteiger partial charge in [-0.1, -0.05) is 53.1 Å². The van der Waals surface area contributed by atoms with Crippen molar-refractivity contribution in [3.05, 3.63) is 34.7 Å². The molecule has 0 aliphatic rings. The fourth-order valence-electron chi connectivity index (χ4n) is 2.16. The molecule has 0 unspecified atom stereocenters. The second-order valence-corrected chi connectivity index (χ2v) is 7.45. The zero-order valence-corrected chi connectivity index (χ0v) is 13.3. The third kappa shape index (κ3) is 2.59. The first-order chi connectivity index (χ1) is 8.62. The van der Waals surface area contributed by atoms with Crippen LogP contribution < -0.4 is 0 Å². The van der Waals surface area contributed by atoms with Gasteiger partial charge in [-0.25, -0.2) is 0 Å². The van der Waals surface area contributed by atoms with Gasteiger partial charge in [0.2, 0.25) is 0 Å². The van der Waals surface area contributed by atoms with Crippen molar-refractivity contribution in [3.63, 3.8) is 0 Å². The first-order valence-electron chi connectivity index (χ1n) is 6.55. The minimum absolute atomic E-state index is 0.00604. The summed E-state index contributed by atoms with van der Waals surface area (Å²) in [6, 6.07) is 0. The molecule has 2 aromatic rings. The maximum atomic E-state index is 6.57. The van der Waals surface area contributed by atoms with Crippen molar-refractivity contribution in [3.8, 4) is 0 Å². The molecule has 0 saturated carbocycles. The summed E-state index contributed by atoms with van der Waals surface area (Å²) >= 11 is 6.57. The van der Waals surface area contributed by atoms with E-state index in [0.29, 0.717) is 0 Å². The van der Waals surface area contributed by atoms with Gasteiger partial charge < -0.3 is 0 Å². The van der Waals surface area contributed by atoms with Crippen LogP contribution in [-0.4, -0.2) is 9.97 Å². The van der Waals surface area contributed by atoms with E-state index in [9.17, 15) is 0 Å². The van der Waals surface area contributed by atoms with Crippen LogP contribution in [0, 0.1) is 0 Å². The van der Waals surface area contributed by atoms with Crippen molar-refractivity contribution in [2.45, 2.75) is 52.4 Å². The Balaban J connectivity index is 2.81. The summed E-state index contributed by atoms with van der Waals surface area (Å²) in [6.07, 6.45) is 5.61. The molecule has 0 radical (unpaired) electrons. The number of aromatic nitrogens is 2. The Kier molecular flexibility index (Phi) is 3.34.